The Bertz CT molecular complexity index is 284. The summed E-state index contributed by atoms with van der Waals surface area (Å²) < 4.78 is 0. The number of likely N-dealkylation sites (tertiary alicyclic amines) is 1. The number of nitriles is 1. The summed E-state index contributed by atoms with van der Waals surface area (Å²) in [5.41, 5.74) is -0.412. The first-order chi connectivity index (χ1) is 8.50. The summed E-state index contributed by atoms with van der Waals surface area (Å²) in [6.45, 7) is 8.13. The van der Waals surface area contributed by atoms with Crippen LogP contribution in [0, 0.1) is 11.3 Å². The quantitative estimate of drug-likeness (QED) is 0.741. The fraction of sp³-hybridized carbons (Fsp3) is 0.929. The van der Waals surface area contributed by atoms with E-state index in [9.17, 15) is 5.26 Å². The smallest absolute Gasteiger partial charge is 0.116 e. The van der Waals surface area contributed by atoms with Crippen LogP contribution in [-0.4, -0.2) is 61.7 Å². The van der Waals surface area contributed by atoms with E-state index in [1.54, 1.807) is 0 Å². The molecule has 0 radical (unpaired) electrons. The zero-order valence-corrected chi connectivity index (χ0v) is 12.4. The van der Waals surface area contributed by atoms with Crippen molar-refractivity contribution in [2.45, 2.75) is 44.7 Å². The van der Waals surface area contributed by atoms with Gasteiger partial charge in [-0.3, -0.25) is 10.2 Å². The molecule has 0 aromatic rings. The van der Waals surface area contributed by atoms with Crippen molar-refractivity contribution in [2.75, 3.05) is 40.3 Å². The molecule has 104 valence electrons. The van der Waals surface area contributed by atoms with E-state index in [2.05, 4.69) is 42.2 Å². The summed E-state index contributed by atoms with van der Waals surface area (Å²) in [5.74, 6) is 0. The minimum Gasteiger partial charge on any atom is -0.308 e. The van der Waals surface area contributed by atoms with Crippen molar-refractivity contribution >= 4 is 0 Å². The second-order valence-corrected chi connectivity index (χ2v) is 5.90. The van der Waals surface area contributed by atoms with Crippen LogP contribution in [0.5, 0.6) is 0 Å². The van der Waals surface area contributed by atoms with Crippen LogP contribution in [0.15, 0.2) is 0 Å². The highest BCUT2D eigenvalue weighted by atomic mass is 15.2. The fourth-order valence-corrected chi connectivity index (χ4v) is 2.67. The number of nitrogens with zero attached hydrogens (tertiary/aromatic N) is 3. The molecular weight excluding hydrogens is 224 g/mol. The van der Waals surface area contributed by atoms with Crippen molar-refractivity contribution in [1.29, 1.82) is 5.26 Å². The van der Waals surface area contributed by atoms with Crippen LogP contribution in [-0.2, 0) is 0 Å². The lowest BCUT2D eigenvalue weighted by Crippen LogP contribution is -2.53. The highest BCUT2D eigenvalue weighted by molar-refractivity contribution is 5.06. The monoisotopic (exact) mass is 252 g/mol. The molecule has 4 heteroatoms. The molecule has 1 rings (SSSR count). The lowest BCUT2D eigenvalue weighted by atomic mass is 10.0. The van der Waals surface area contributed by atoms with Crippen molar-refractivity contribution in [3.05, 3.63) is 0 Å². The Labute approximate surface area is 112 Å². The molecule has 4 nitrogen and oxygen atoms in total. The van der Waals surface area contributed by atoms with Crippen LogP contribution in [0.25, 0.3) is 0 Å². The lowest BCUT2D eigenvalue weighted by Gasteiger charge is -2.33. The van der Waals surface area contributed by atoms with Crippen LogP contribution in [0.2, 0.25) is 0 Å². The molecular formula is C14H28N4. The van der Waals surface area contributed by atoms with E-state index in [1.165, 1.54) is 12.8 Å². The average molecular weight is 252 g/mol. The Balaban J connectivity index is 2.55. The molecule has 0 aromatic carbocycles. The van der Waals surface area contributed by atoms with Gasteiger partial charge in [0.05, 0.1) is 6.07 Å². The van der Waals surface area contributed by atoms with Gasteiger partial charge in [0.2, 0.25) is 0 Å². The molecule has 0 saturated carbocycles. The summed E-state index contributed by atoms with van der Waals surface area (Å²) in [6, 6.07) is 3.06. The zero-order valence-electron chi connectivity index (χ0n) is 12.4. The van der Waals surface area contributed by atoms with Gasteiger partial charge in [-0.25, -0.2) is 0 Å². The predicted molar refractivity (Wildman–Crippen MR) is 75.5 cm³/mol. The van der Waals surface area contributed by atoms with Crippen molar-refractivity contribution in [2.24, 2.45) is 0 Å². The van der Waals surface area contributed by atoms with E-state index in [4.69, 9.17) is 0 Å². The summed E-state index contributed by atoms with van der Waals surface area (Å²) in [4.78, 5) is 4.72. The van der Waals surface area contributed by atoms with Crippen LogP contribution >= 0.6 is 0 Å². The molecule has 0 bridgehead atoms. The molecule has 1 saturated heterocycles. The fourth-order valence-electron chi connectivity index (χ4n) is 2.67. The maximum absolute atomic E-state index is 9.39. The Morgan fingerprint density at radius 1 is 1.50 bits per heavy atom. The van der Waals surface area contributed by atoms with Crippen LogP contribution in [0.1, 0.15) is 33.1 Å². The van der Waals surface area contributed by atoms with Gasteiger partial charge in [0, 0.05) is 19.1 Å². The molecule has 1 heterocycles. The number of rotatable bonds is 7. The van der Waals surface area contributed by atoms with Crippen molar-refractivity contribution in [3.8, 4) is 6.07 Å². The Morgan fingerprint density at radius 3 is 2.78 bits per heavy atom. The third-order valence-corrected chi connectivity index (χ3v) is 3.61. The minimum atomic E-state index is -0.412. The Morgan fingerprint density at radius 2 is 2.22 bits per heavy atom. The van der Waals surface area contributed by atoms with E-state index in [0.717, 1.165) is 32.6 Å². The minimum absolute atomic E-state index is 0.412. The largest absolute Gasteiger partial charge is 0.308 e. The van der Waals surface area contributed by atoms with Gasteiger partial charge in [0.25, 0.3) is 0 Å². The molecule has 1 N–H and O–H groups in total. The van der Waals surface area contributed by atoms with Gasteiger partial charge in [-0.1, -0.05) is 6.92 Å². The predicted octanol–water partition coefficient (Wildman–Crippen LogP) is 1.29. The topological polar surface area (TPSA) is 42.3 Å². The molecule has 1 aliphatic heterocycles. The summed E-state index contributed by atoms with van der Waals surface area (Å²) in [6.07, 6.45) is 3.58. The van der Waals surface area contributed by atoms with Gasteiger partial charge in [0.15, 0.2) is 0 Å². The molecule has 0 spiro atoms. The second kappa shape index (κ2) is 7.08. The van der Waals surface area contributed by atoms with Gasteiger partial charge in [-0.15, -0.1) is 0 Å². The Kier molecular flexibility index (Phi) is 6.07. The van der Waals surface area contributed by atoms with Gasteiger partial charge in [0.1, 0.15) is 5.54 Å². The molecule has 1 fully saturated rings. The van der Waals surface area contributed by atoms with Crippen LogP contribution < -0.4 is 5.32 Å². The second-order valence-electron chi connectivity index (χ2n) is 5.90. The third kappa shape index (κ3) is 4.56. The van der Waals surface area contributed by atoms with Crippen LogP contribution in [0.3, 0.4) is 0 Å². The Hall–Kier alpha value is -0.630. The third-order valence-electron chi connectivity index (χ3n) is 3.61. The van der Waals surface area contributed by atoms with Crippen molar-refractivity contribution in [1.82, 2.24) is 15.1 Å². The van der Waals surface area contributed by atoms with Crippen molar-refractivity contribution in [3.63, 3.8) is 0 Å². The van der Waals surface area contributed by atoms with E-state index in [0.29, 0.717) is 6.04 Å². The molecule has 0 amide bonds. The van der Waals surface area contributed by atoms with E-state index >= 15 is 0 Å². The number of likely N-dealkylation sites (N-methyl/N-ethyl adjacent to an activating group) is 1. The first kappa shape index (κ1) is 15.4. The van der Waals surface area contributed by atoms with Gasteiger partial charge in [-0.2, -0.15) is 5.26 Å². The van der Waals surface area contributed by atoms with Gasteiger partial charge < -0.3 is 4.90 Å². The first-order valence-electron chi connectivity index (χ1n) is 7.06. The van der Waals surface area contributed by atoms with Gasteiger partial charge >= 0.3 is 0 Å². The normalized spacial score (nSPS) is 24.1. The lowest BCUT2D eigenvalue weighted by molar-refractivity contribution is 0.175. The molecule has 1 aliphatic rings. The van der Waals surface area contributed by atoms with Crippen molar-refractivity contribution < 1.29 is 0 Å². The first-order valence-corrected chi connectivity index (χ1v) is 7.06. The number of hydrogen-bond acceptors (Lipinski definition) is 4. The number of nitrogens with one attached hydrogen (secondary N) is 1. The van der Waals surface area contributed by atoms with E-state index in [1.807, 2.05) is 6.92 Å². The highest BCUT2D eigenvalue weighted by Crippen LogP contribution is 2.20. The van der Waals surface area contributed by atoms with Crippen LogP contribution in [0.4, 0.5) is 0 Å². The molecule has 2 atom stereocenters. The zero-order chi connectivity index (χ0) is 13.6. The van der Waals surface area contributed by atoms with E-state index in [-0.39, 0.29) is 0 Å². The standard InChI is InChI=1S/C14H28N4/c1-5-8-16-14(2,11-15)12-18-9-6-7-13(18)10-17(3)4/h13,16H,5-10,12H2,1-4H3. The average Bonchev–Trinajstić information content (AvgIpc) is 2.73. The summed E-state index contributed by atoms with van der Waals surface area (Å²) >= 11 is 0. The summed E-state index contributed by atoms with van der Waals surface area (Å²) in [7, 11) is 4.24. The SMILES string of the molecule is CCCNC(C)(C#N)CN1CCCC1CN(C)C. The van der Waals surface area contributed by atoms with E-state index < -0.39 is 5.54 Å². The summed E-state index contributed by atoms with van der Waals surface area (Å²) in [5, 5.41) is 12.8. The maximum Gasteiger partial charge on any atom is 0.116 e. The molecule has 2 unspecified atom stereocenters. The highest BCUT2D eigenvalue weighted by Gasteiger charge is 2.32. The molecule has 0 aliphatic carbocycles. The maximum atomic E-state index is 9.39. The number of hydrogen-bond donors (Lipinski definition) is 1. The van der Waals surface area contributed by atoms with Gasteiger partial charge in [-0.05, 0) is 53.4 Å². The molecule has 0 aromatic heterocycles. The molecule has 18 heavy (non-hydrogen) atoms.